The van der Waals surface area contributed by atoms with Gasteiger partial charge in [-0.1, -0.05) is 5.21 Å². The average molecular weight is 225 g/mol. The van der Waals surface area contributed by atoms with Crippen molar-refractivity contribution >= 4 is 0 Å². The second kappa shape index (κ2) is 5.41. The first kappa shape index (κ1) is 13.1. The third-order valence-corrected chi connectivity index (χ3v) is 2.16. The summed E-state index contributed by atoms with van der Waals surface area (Å²) >= 11 is 0. The van der Waals surface area contributed by atoms with Gasteiger partial charge in [-0.3, -0.25) is 4.68 Å². The van der Waals surface area contributed by atoms with Crippen LogP contribution in [0.3, 0.4) is 0 Å². The van der Waals surface area contributed by atoms with Gasteiger partial charge in [0.25, 0.3) is 0 Å². The topological polar surface area (TPSA) is 46.0 Å². The van der Waals surface area contributed by atoms with Gasteiger partial charge >= 0.3 is 0 Å². The fourth-order valence-corrected chi connectivity index (χ4v) is 1.19. The Bertz CT molecular complexity index is 310. The van der Waals surface area contributed by atoms with E-state index < -0.39 is 0 Å². The van der Waals surface area contributed by atoms with Crippen LogP contribution in [0.5, 0.6) is 0 Å². The van der Waals surface area contributed by atoms with Crippen molar-refractivity contribution in [3.8, 4) is 0 Å². The summed E-state index contributed by atoms with van der Waals surface area (Å²) in [4.78, 5) is 2.13. The molecular weight excluding hydrogens is 202 g/mol. The second-order valence-corrected chi connectivity index (χ2v) is 5.38. The Balaban J connectivity index is 2.39. The van der Waals surface area contributed by atoms with Crippen LogP contribution < -0.4 is 5.32 Å². The number of hydrogen-bond acceptors (Lipinski definition) is 4. The van der Waals surface area contributed by atoms with Gasteiger partial charge in [0.15, 0.2) is 0 Å². The standard InChI is InChI=1S/C11H23N5/c1-11(2,3)12-8-10-9-16(14-13-10)7-6-15(4)5/h9,12H,6-8H2,1-5H3. The molecule has 0 spiro atoms. The highest BCUT2D eigenvalue weighted by Gasteiger charge is 2.09. The van der Waals surface area contributed by atoms with Crippen molar-refractivity contribution in [3.63, 3.8) is 0 Å². The largest absolute Gasteiger partial charge is 0.308 e. The molecule has 16 heavy (non-hydrogen) atoms. The van der Waals surface area contributed by atoms with Gasteiger partial charge in [0.1, 0.15) is 0 Å². The Kier molecular flexibility index (Phi) is 4.44. The molecule has 1 aromatic rings. The molecule has 5 heteroatoms. The molecule has 92 valence electrons. The second-order valence-electron chi connectivity index (χ2n) is 5.38. The molecule has 0 aromatic carbocycles. The molecule has 0 radical (unpaired) electrons. The van der Waals surface area contributed by atoms with Crippen LogP contribution in [0, 0.1) is 0 Å². The Morgan fingerprint density at radius 3 is 2.62 bits per heavy atom. The van der Waals surface area contributed by atoms with Crippen LogP contribution >= 0.6 is 0 Å². The highest BCUT2D eigenvalue weighted by Crippen LogP contribution is 2.01. The van der Waals surface area contributed by atoms with E-state index in [0.717, 1.165) is 25.3 Å². The van der Waals surface area contributed by atoms with Crippen molar-refractivity contribution in [1.82, 2.24) is 25.2 Å². The summed E-state index contributed by atoms with van der Waals surface area (Å²) in [5.74, 6) is 0. The van der Waals surface area contributed by atoms with E-state index in [1.807, 2.05) is 10.9 Å². The first-order chi connectivity index (χ1) is 7.37. The molecule has 0 fully saturated rings. The zero-order valence-corrected chi connectivity index (χ0v) is 11.0. The first-order valence-corrected chi connectivity index (χ1v) is 5.65. The third kappa shape index (κ3) is 5.23. The van der Waals surface area contributed by atoms with Crippen LogP contribution in [0.1, 0.15) is 26.5 Å². The molecule has 0 aliphatic heterocycles. The van der Waals surface area contributed by atoms with E-state index in [1.165, 1.54) is 0 Å². The van der Waals surface area contributed by atoms with Gasteiger partial charge in [0.2, 0.25) is 0 Å². The average Bonchev–Trinajstić information content (AvgIpc) is 2.58. The molecule has 0 amide bonds. The van der Waals surface area contributed by atoms with E-state index in [0.29, 0.717) is 0 Å². The molecule has 1 N–H and O–H groups in total. The summed E-state index contributed by atoms with van der Waals surface area (Å²) in [6.45, 7) is 9.06. The fourth-order valence-electron chi connectivity index (χ4n) is 1.19. The zero-order valence-electron chi connectivity index (χ0n) is 11.0. The van der Waals surface area contributed by atoms with Crippen LogP contribution in [-0.2, 0) is 13.1 Å². The van der Waals surface area contributed by atoms with Crippen LogP contribution in [0.4, 0.5) is 0 Å². The molecule has 0 saturated heterocycles. The lowest BCUT2D eigenvalue weighted by Gasteiger charge is -2.19. The predicted molar refractivity (Wildman–Crippen MR) is 65.2 cm³/mol. The van der Waals surface area contributed by atoms with Crippen LogP contribution in [0.25, 0.3) is 0 Å². The number of nitrogens with zero attached hydrogens (tertiary/aromatic N) is 4. The maximum Gasteiger partial charge on any atom is 0.0965 e. The van der Waals surface area contributed by atoms with Gasteiger partial charge < -0.3 is 10.2 Å². The normalized spacial score (nSPS) is 12.4. The summed E-state index contributed by atoms with van der Waals surface area (Å²) in [6.07, 6.45) is 2.00. The number of rotatable bonds is 5. The minimum absolute atomic E-state index is 0.118. The summed E-state index contributed by atoms with van der Waals surface area (Å²) in [5, 5.41) is 11.6. The molecular formula is C11H23N5. The van der Waals surface area contributed by atoms with Crippen molar-refractivity contribution in [1.29, 1.82) is 0 Å². The van der Waals surface area contributed by atoms with Gasteiger partial charge in [-0.25, -0.2) is 0 Å². The minimum atomic E-state index is 0.118. The maximum atomic E-state index is 4.13. The van der Waals surface area contributed by atoms with Crippen molar-refractivity contribution < 1.29 is 0 Å². The molecule has 1 aromatic heterocycles. The van der Waals surface area contributed by atoms with Crippen LogP contribution in [-0.4, -0.2) is 46.1 Å². The van der Waals surface area contributed by atoms with Crippen molar-refractivity contribution in [3.05, 3.63) is 11.9 Å². The highest BCUT2D eigenvalue weighted by molar-refractivity contribution is 4.93. The van der Waals surface area contributed by atoms with E-state index >= 15 is 0 Å². The number of likely N-dealkylation sites (N-methyl/N-ethyl adjacent to an activating group) is 1. The Labute approximate surface area is 97.8 Å². The lowest BCUT2D eigenvalue weighted by Crippen LogP contribution is -2.35. The third-order valence-electron chi connectivity index (χ3n) is 2.16. The van der Waals surface area contributed by atoms with Crippen LogP contribution in [0.2, 0.25) is 0 Å². The Morgan fingerprint density at radius 2 is 2.06 bits per heavy atom. The smallest absolute Gasteiger partial charge is 0.0965 e. The van der Waals surface area contributed by atoms with E-state index in [-0.39, 0.29) is 5.54 Å². The summed E-state index contributed by atoms with van der Waals surface area (Å²) in [6, 6.07) is 0. The fraction of sp³-hybridized carbons (Fsp3) is 0.818. The lowest BCUT2D eigenvalue weighted by atomic mass is 10.1. The van der Waals surface area contributed by atoms with Crippen molar-refractivity contribution in [2.45, 2.75) is 39.4 Å². The molecule has 1 heterocycles. The maximum absolute atomic E-state index is 4.13. The SMILES string of the molecule is CN(C)CCn1cc(CNC(C)(C)C)nn1. The molecule has 0 bridgehead atoms. The van der Waals surface area contributed by atoms with Crippen molar-refractivity contribution in [2.24, 2.45) is 0 Å². The van der Waals surface area contributed by atoms with Gasteiger partial charge in [0, 0.05) is 24.8 Å². The van der Waals surface area contributed by atoms with Gasteiger partial charge in [-0.05, 0) is 34.9 Å². The van der Waals surface area contributed by atoms with Crippen LogP contribution in [0.15, 0.2) is 6.20 Å². The number of nitrogens with one attached hydrogen (secondary N) is 1. The first-order valence-electron chi connectivity index (χ1n) is 5.65. The minimum Gasteiger partial charge on any atom is -0.308 e. The molecule has 0 aliphatic rings. The Hall–Kier alpha value is -0.940. The number of aromatic nitrogens is 3. The summed E-state index contributed by atoms with van der Waals surface area (Å²) < 4.78 is 1.89. The summed E-state index contributed by atoms with van der Waals surface area (Å²) in [5.41, 5.74) is 1.11. The molecule has 0 aliphatic carbocycles. The molecule has 0 unspecified atom stereocenters. The van der Waals surface area contributed by atoms with E-state index in [9.17, 15) is 0 Å². The monoisotopic (exact) mass is 225 g/mol. The van der Waals surface area contributed by atoms with E-state index in [1.54, 1.807) is 0 Å². The quantitative estimate of drug-likeness (QED) is 0.802. The predicted octanol–water partition coefficient (Wildman–Crippen LogP) is 0.728. The van der Waals surface area contributed by atoms with E-state index in [2.05, 4.69) is 55.4 Å². The van der Waals surface area contributed by atoms with Gasteiger partial charge in [-0.2, -0.15) is 0 Å². The molecule has 5 nitrogen and oxygen atoms in total. The highest BCUT2D eigenvalue weighted by atomic mass is 15.4. The Morgan fingerprint density at radius 1 is 1.38 bits per heavy atom. The van der Waals surface area contributed by atoms with Crippen molar-refractivity contribution in [2.75, 3.05) is 20.6 Å². The summed E-state index contributed by atoms with van der Waals surface area (Å²) in [7, 11) is 4.11. The molecule has 0 atom stereocenters. The molecule has 0 saturated carbocycles. The van der Waals surface area contributed by atoms with Gasteiger partial charge in [0.05, 0.1) is 12.2 Å². The molecule has 1 rings (SSSR count). The number of hydrogen-bond donors (Lipinski definition) is 1. The van der Waals surface area contributed by atoms with Gasteiger partial charge in [-0.15, -0.1) is 5.10 Å². The zero-order chi connectivity index (χ0) is 12.2. The van der Waals surface area contributed by atoms with E-state index in [4.69, 9.17) is 0 Å². The lowest BCUT2D eigenvalue weighted by molar-refractivity contribution is 0.370.